The van der Waals surface area contributed by atoms with Gasteiger partial charge < -0.3 is 9.94 Å². The summed E-state index contributed by atoms with van der Waals surface area (Å²) in [5.74, 6) is -0.947. The van der Waals surface area contributed by atoms with Gasteiger partial charge in [-0.3, -0.25) is 0 Å². The SMILES string of the molecule is COn1cc(C(=O)O)c2ccccc21. The van der Waals surface area contributed by atoms with Crippen LogP contribution < -0.4 is 4.84 Å². The summed E-state index contributed by atoms with van der Waals surface area (Å²) in [5, 5.41) is 9.61. The van der Waals surface area contributed by atoms with Gasteiger partial charge >= 0.3 is 5.97 Å². The van der Waals surface area contributed by atoms with Crippen LogP contribution in [0.5, 0.6) is 0 Å². The van der Waals surface area contributed by atoms with Crippen LogP contribution in [0.3, 0.4) is 0 Å². The van der Waals surface area contributed by atoms with Gasteiger partial charge in [0, 0.05) is 5.39 Å². The molecule has 0 radical (unpaired) electrons. The fourth-order valence-electron chi connectivity index (χ4n) is 1.47. The first-order valence-corrected chi connectivity index (χ1v) is 4.12. The van der Waals surface area contributed by atoms with Crippen LogP contribution in [-0.2, 0) is 0 Å². The Morgan fingerprint density at radius 3 is 2.79 bits per heavy atom. The Labute approximate surface area is 80.3 Å². The number of benzene rings is 1. The minimum Gasteiger partial charge on any atom is -0.478 e. The number of aromatic nitrogens is 1. The zero-order valence-corrected chi connectivity index (χ0v) is 7.60. The van der Waals surface area contributed by atoms with E-state index in [-0.39, 0.29) is 5.56 Å². The van der Waals surface area contributed by atoms with Gasteiger partial charge in [0.2, 0.25) is 0 Å². The van der Waals surface area contributed by atoms with Gasteiger partial charge in [-0.2, -0.15) is 4.73 Å². The van der Waals surface area contributed by atoms with Crippen molar-refractivity contribution in [2.45, 2.75) is 0 Å². The van der Waals surface area contributed by atoms with Crippen LogP contribution in [0.4, 0.5) is 0 Å². The molecule has 4 heteroatoms. The minimum atomic E-state index is -0.947. The van der Waals surface area contributed by atoms with Gasteiger partial charge in [-0.15, -0.1) is 0 Å². The average molecular weight is 191 g/mol. The Hall–Kier alpha value is -1.97. The van der Waals surface area contributed by atoms with Crippen molar-refractivity contribution in [1.29, 1.82) is 0 Å². The van der Waals surface area contributed by atoms with Crippen LogP contribution in [0, 0.1) is 0 Å². The smallest absolute Gasteiger partial charge is 0.338 e. The third-order valence-electron chi connectivity index (χ3n) is 2.11. The molecule has 4 nitrogen and oxygen atoms in total. The molecule has 0 amide bonds. The third kappa shape index (κ3) is 1.12. The third-order valence-corrected chi connectivity index (χ3v) is 2.11. The normalized spacial score (nSPS) is 10.4. The maximum atomic E-state index is 10.9. The maximum absolute atomic E-state index is 10.9. The Kier molecular flexibility index (Phi) is 1.89. The van der Waals surface area contributed by atoms with E-state index in [0.29, 0.717) is 5.39 Å². The van der Waals surface area contributed by atoms with Gasteiger partial charge in [-0.05, 0) is 6.07 Å². The minimum absolute atomic E-state index is 0.252. The first-order valence-electron chi connectivity index (χ1n) is 4.12. The van der Waals surface area contributed by atoms with E-state index in [1.807, 2.05) is 12.1 Å². The van der Waals surface area contributed by atoms with E-state index < -0.39 is 5.97 Å². The highest BCUT2D eigenvalue weighted by molar-refractivity contribution is 6.03. The highest BCUT2D eigenvalue weighted by Gasteiger charge is 2.13. The van der Waals surface area contributed by atoms with E-state index in [9.17, 15) is 4.79 Å². The second kappa shape index (κ2) is 3.06. The molecule has 0 fully saturated rings. The summed E-state index contributed by atoms with van der Waals surface area (Å²) < 4.78 is 1.44. The van der Waals surface area contributed by atoms with Crippen molar-refractivity contribution in [3.63, 3.8) is 0 Å². The number of carboxylic acids is 1. The Balaban J connectivity index is 2.80. The van der Waals surface area contributed by atoms with Gasteiger partial charge in [-0.25, -0.2) is 4.79 Å². The predicted octanol–water partition coefficient (Wildman–Crippen LogP) is 1.40. The van der Waals surface area contributed by atoms with Gasteiger partial charge in [0.05, 0.1) is 17.3 Å². The van der Waals surface area contributed by atoms with Crippen LogP contribution in [0.2, 0.25) is 0 Å². The van der Waals surface area contributed by atoms with Crippen molar-refractivity contribution in [1.82, 2.24) is 4.73 Å². The summed E-state index contributed by atoms with van der Waals surface area (Å²) in [4.78, 5) is 15.9. The second-order valence-corrected chi connectivity index (χ2v) is 2.87. The van der Waals surface area contributed by atoms with Gasteiger partial charge in [0.25, 0.3) is 0 Å². The molecular formula is C10H9NO3. The van der Waals surface area contributed by atoms with Crippen LogP contribution >= 0.6 is 0 Å². The lowest BCUT2D eigenvalue weighted by Gasteiger charge is -1.99. The first-order chi connectivity index (χ1) is 6.74. The predicted molar refractivity (Wildman–Crippen MR) is 51.4 cm³/mol. The quantitative estimate of drug-likeness (QED) is 0.780. The molecule has 1 aromatic carbocycles. The highest BCUT2D eigenvalue weighted by atomic mass is 16.6. The molecule has 0 atom stereocenters. The van der Waals surface area contributed by atoms with Crippen molar-refractivity contribution in [2.75, 3.05) is 7.11 Å². The van der Waals surface area contributed by atoms with E-state index in [0.717, 1.165) is 5.52 Å². The molecule has 0 aliphatic carbocycles. The van der Waals surface area contributed by atoms with E-state index in [1.54, 1.807) is 12.1 Å². The van der Waals surface area contributed by atoms with Crippen molar-refractivity contribution < 1.29 is 14.7 Å². The number of nitrogens with zero attached hydrogens (tertiary/aromatic N) is 1. The number of rotatable bonds is 2. The Morgan fingerprint density at radius 2 is 2.14 bits per heavy atom. The van der Waals surface area contributed by atoms with Gasteiger partial charge in [-0.1, -0.05) is 18.2 Å². The Bertz CT molecular complexity index is 487. The van der Waals surface area contributed by atoms with Crippen molar-refractivity contribution in [2.24, 2.45) is 0 Å². The lowest BCUT2D eigenvalue weighted by Crippen LogP contribution is -2.03. The summed E-state index contributed by atoms with van der Waals surface area (Å²) in [6.07, 6.45) is 1.47. The van der Waals surface area contributed by atoms with E-state index >= 15 is 0 Å². The number of fused-ring (bicyclic) bond motifs is 1. The molecule has 0 unspecified atom stereocenters. The van der Waals surface area contributed by atoms with Crippen molar-refractivity contribution in [3.05, 3.63) is 36.0 Å². The average Bonchev–Trinajstić information content (AvgIpc) is 2.56. The molecule has 2 aromatic rings. The number of hydrogen-bond acceptors (Lipinski definition) is 2. The molecule has 0 saturated carbocycles. The van der Waals surface area contributed by atoms with Crippen LogP contribution in [-0.4, -0.2) is 22.9 Å². The molecule has 14 heavy (non-hydrogen) atoms. The summed E-state index contributed by atoms with van der Waals surface area (Å²) in [7, 11) is 1.50. The van der Waals surface area contributed by atoms with Crippen LogP contribution in [0.1, 0.15) is 10.4 Å². The van der Waals surface area contributed by atoms with E-state index in [1.165, 1.54) is 18.0 Å². The molecule has 1 heterocycles. The van der Waals surface area contributed by atoms with Crippen molar-refractivity contribution in [3.8, 4) is 0 Å². The first kappa shape index (κ1) is 8.62. The standard InChI is InChI=1S/C10H9NO3/c1-14-11-6-8(10(12)13)7-4-2-3-5-9(7)11/h2-6H,1H3,(H,12,13). The number of carboxylic acid groups (broad SMARTS) is 1. The molecule has 0 aliphatic rings. The summed E-state index contributed by atoms with van der Waals surface area (Å²) >= 11 is 0. The molecule has 72 valence electrons. The molecule has 2 rings (SSSR count). The number of carbonyl (C=O) groups is 1. The molecule has 0 spiro atoms. The number of aromatic carboxylic acids is 1. The summed E-state index contributed by atoms with van der Waals surface area (Å²) in [6.45, 7) is 0. The second-order valence-electron chi connectivity index (χ2n) is 2.87. The van der Waals surface area contributed by atoms with Crippen molar-refractivity contribution >= 4 is 16.9 Å². The van der Waals surface area contributed by atoms with Gasteiger partial charge in [0.1, 0.15) is 7.11 Å². The van der Waals surface area contributed by atoms with Crippen LogP contribution in [0.25, 0.3) is 10.9 Å². The van der Waals surface area contributed by atoms with Gasteiger partial charge in [0.15, 0.2) is 0 Å². The monoisotopic (exact) mass is 191 g/mol. The molecular weight excluding hydrogens is 182 g/mol. The fraction of sp³-hybridized carbons (Fsp3) is 0.100. The Morgan fingerprint density at radius 1 is 1.43 bits per heavy atom. The highest BCUT2D eigenvalue weighted by Crippen LogP contribution is 2.19. The summed E-state index contributed by atoms with van der Waals surface area (Å²) in [6, 6.07) is 7.21. The maximum Gasteiger partial charge on any atom is 0.338 e. The van der Waals surface area contributed by atoms with E-state index in [4.69, 9.17) is 9.94 Å². The molecule has 1 aromatic heterocycles. The zero-order valence-electron chi connectivity index (χ0n) is 7.60. The fourth-order valence-corrected chi connectivity index (χ4v) is 1.47. The lowest BCUT2D eigenvalue weighted by molar-refractivity contribution is 0.0696. The number of hydrogen-bond donors (Lipinski definition) is 1. The molecule has 0 saturated heterocycles. The topological polar surface area (TPSA) is 51.5 Å². The largest absolute Gasteiger partial charge is 0.478 e. The number of para-hydroxylation sites is 1. The van der Waals surface area contributed by atoms with Crippen LogP contribution in [0.15, 0.2) is 30.5 Å². The molecule has 0 aliphatic heterocycles. The lowest BCUT2D eigenvalue weighted by atomic mass is 10.2. The summed E-state index contributed by atoms with van der Waals surface area (Å²) in [5.41, 5.74) is 1.01. The zero-order chi connectivity index (χ0) is 10.1. The molecule has 0 bridgehead atoms. The van der Waals surface area contributed by atoms with E-state index in [2.05, 4.69) is 0 Å². The molecule has 1 N–H and O–H groups in total.